The maximum absolute atomic E-state index is 14.3. The van der Waals surface area contributed by atoms with Crippen LogP contribution in [0.1, 0.15) is 41.1 Å². The second kappa shape index (κ2) is 11.7. The maximum atomic E-state index is 14.3. The van der Waals surface area contributed by atoms with E-state index < -0.39 is 12.1 Å². The van der Waals surface area contributed by atoms with Gasteiger partial charge < -0.3 is 19.9 Å². The molecule has 1 unspecified atom stereocenters. The fraction of sp³-hybridized carbons (Fsp3) is 0.235. The lowest BCUT2D eigenvalue weighted by Gasteiger charge is -2.28. The van der Waals surface area contributed by atoms with Gasteiger partial charge in [-0.25, -0.2) is 4.79 Å². The van der Waals surface area contributed by atoms with Crippen molar-refractivity contribution in [2.75, 3.05) is 24.3 Å². The highest BCUT2D eigenvalue weighted by Gasteiger charge is 2.27. The van der Waals surface area contributed by atoms with Crippen molar-refractivity contribution < 1.29 is 14.3 Å². The van der Waals surface area contributed by atoms with E-state index in [1.807, 2.05) is 81.7 Å². The van der Waals surface area contributed by atoms with Crippen LogP contribution in [0.4, 0.5) is 16.2 Å². The molecule has 0 saturated heterocycles. The number of likely N-dealkylation sites (N-methyl/N-ethyl adjacent to an activating group) is 1. The van der Waals surface area contributed by atoms with Crippen LogP contribution in [0, 0.1) is 6.92 Å². The minimum Gasteiger partial charge on any atom is -0.449 e. The first-order valence-electron chi connectivity index (χ1n) is 14.5. The number of aryl methyl sites for hydroxylation is 2. The Labute approximate surface area is 254 Å². The van der Waals surface area contributed by atoms with Gasteiger partial charge in [0.2, 0.25) is 5.91 Å². The third kappa shape index (κ3) is 5.78. The first kappa shape index (κ1) is 28.7. The van der Waals surface area contributed by atoms with E-state index in [4.69, 9.17) is 4.74 Å². The molecule has 224 valence electrons. The van der Waals surface area contributed by atoms with Gasteiger partial charge in [0.05, 0.1) is 12.8 Å². The molecular formula is C34H34N6O4. The molecule has 0 radical (unpaired) electrons. The third-order valence-electron chi connectivity index (χ3n) is 8.11. The maximum Gasteiger partial charge on any atom is 0.411 e. The Balaban J connectivity index is 1.43. The lowest BCUT2D eigenvalue weighted by Crippen LogP contribution is -2.35. The number of amides is 2. The summed E-state index contributed by atoms with van der Waals surface area (Å²) in [6.07, 6.45) is 4.76. The normalized spacial score (nSPS) is 17.4. The van der Waals surface area contributed by atoms with Crippen LogP contribution in [0.25, 0.3) is 21.9 Å². The van der Waals surface area contributed by atoms with Gasteiger partial charge in [-0.05, 0) is 70.5 Å². The van der Waals surface area contributed by atoms with E-state index in [9.17, 15) is 14.4 Å². The zero-order valence-electron chi connectivity index (χ0n) is 25.0. The number of benzene rings is 3. The first-order valence-corrected chi connectivity index (χ1v) is 14.5. The fourth-order valence-corrected chi connectivity index (χ4v) is 5.80. The second-order valence-electron chi connectivity index (χ2n) is 11.4. The molecule has 3 aromatic carbocycles. The van der Waals surface area contributed by atoms with Gasteiger partial charge in [0.15, 0.2) is 0 Å². The first-order chi connectivity index (χ1) is 21.2. The van der Waals surface area contributed by atoms with E-state index in [1.165, 1.54) is 0 Å². The molecular weight excluding hydrogens is 556 g/mol. The molecule has 0 fully saturated rings. The van der Waals surface area contributed by atoms with Gasteiger partial charge in [-0.15, -0.1) is 0 Å². The standard InChI is InChI=1S/C34H34N6O4/c1-20-13-23-6-9-28(20)21(2)19-44-34(43)38-26-8-10-29(25-16-36-40(4)18-25)24(14-26)17-39(3)33(42)31(23)37-27-7-5-22-11-12-35-32(41)30(22)15-27/h5-16,18,21,31,37H,17,19H2,1-4H3,(H,35,41)(H,38,43)/t21-,31?/m0/s1. The van der Waals surface area contributed by atoms with Crippen molar-refractivity contribution in [2.24, 2.45) is 7.05 Å². The zero-order valence-corrected chi connectivity index (χ0v) is 25.0. The lowest BCUT2D eigenvalue weighted by atomic mass is 9.92. The summed E-state index contributed by atoms with van der Waals surface area (Å²) in [4.78, 5) is 44.0. The van der Waals surface area contributed by atoms with Gasteiger partial charge in [0.25, 0.3) is 5.56 Å². The van der Waals surface area contributed by atoms with E-state index >= 15 is 0 Å². The number of pyridine rings is 1. The van der Waals surface area contributed by atoms with Gasteiger partial charge in [0.1, 0.15) is 6.04 Å². The molecule has 0 aliphatic carbocycles. The number of ether oxygens (including phenoxy) is 1. The Hall–Kier alpha value is -5.38. The SMILES string of the molecule is Cc1cc2ccc1[C@@H](C)COC(=O)Nc1ccc(-c3cnn(C)c3)c(c1)CN(C)C(=O)C2Nc1ccc2cc[nH]c(=O)c2c1. The summed E-state index contributed by atoms with van der Waals surface area (Å²) in [5.74, 6) is -0.225. The van der Waals surface area contributed by atoms with E-state index in [2.05, 4.69) is 20.7 Å². The van der Waals surface area contributed by atoms with Crippen LogP contribution in [0.15, 0.2) is 84.0 Å². The predicted octanol–water partition coefficient (Wildman–Crippen LogP) is 5.71. The molecule has 7 rings (SSSR count). The molecule has 2 amide bonds. The molecule has 2 aromatic heterocycles. The lowest BCUT2D eigenvalue weighted by molar-refractivity contribution is -0.131. The van der Waals surface area contributed by atoms with Crippen molar-refractivity contribution in [3.8, 4) is 11.1 Å². The van der Waals surface area contributed by atoms with Crippen LogP contribution in [0.2, 0.25) is 0 Å². The Morgan fingerprint density at radius 3 is 2.61 bits per heavy atom. The van der Waals surface area contributed by atoms with Gasteiger partial charge in [0, 0.05) is 61.3 Å². The van der Waals surface area contributed by atoms with Crippen LogP contribution >= 0.6 is 0 Å². The number of nitrogens with zero attached hydrogens (tertiary/aromatic N) is 3. The monoisotopic (exact) mass is 590 g/mol. The second-order valence-corrected chi connectivity index (χ2v) is 11.4. The molecule has 10 heteroatoms. The Morgan fingerprint density at radius 1 is 1.00 bits per heavy atom. The number of carbonyl (C=O) groups excluding carboxylic acids is 2. The summed E-state index contributed by atoms with van der Waals surface area (Å²) >= 11 is 0. The molecule has 3 N–H and O–H groups in total. The van der Waals surface area contributed by atoms with Crippen LogP contribution < -0.4 is 16.2 Å². The zero-order chi connectivity index (χ0) is 31.0. The molecule has 5 aromatic rings. The molecule has 4 bridgehead atoms. The molecule has 2 aliphatic heterocycles. The average molecular weight is 591 g/mol. The molecule has 0 spiro atoms. The van der Waals surface area contributed by atoms with Crippen LogP contribution in [0.3, 0.4) is 0 Å². The number of carbonyl (C=O) groups is 2. The third-order valence-corrected chi connectivity index (χ3v) is 8.11. The molecule has 2 aliphatic rings. The Bertz CT molecular complexity index is 1940. The Morgan fingerprint density at radius 2 is 1.84 bits per heavy atom. The molecule has 10 nitrogen and oxygen atoms in total. The van der Waals surface area contributed by atoms with Crippen LogP contribution in [-0.4, -0.2) is 45.3 Å². The van der Waals surface area contributed by atoms with Crippen molar-refractivity contribution in [3.05, 3.63) is 112 Å². The van der Waals surface area contributed by atoms with E-state index in [-0.39, 0.29) is 30.5 Å². The number of aromatic amines is 1. The highest BCUT2D eigenvalue weighted by molar-refractivity contribution is 5.89. The summed E-state index contributed by atoms with van der Waals surface area (Å²) in [6.45, 7) is 4.45. The average Bonchev–Trinajstić information content (AvgIpc) is 3.44. The van der Waals surface area contributed by atoms with Crippen molar-refractivity contribution >= 4 is 34.1 Å². The van der Waals surface area contributed by atoms with E-state index in [0.29, 0.717) is 16.8 Å². The molecule has 2 atom stereocenters. The van der Waals surface area contributed by atoms with Crippen molar-refractivity contribution in [1.82, 2.24) is 19.7 Å². The van der Waals surface area contributed by atoms with Gasteiger partial charge >= 0.3 is 6.09 Å². The van der Waals surface area contributed by atoms with Crippen molar-refractivity contribution in [2.45, 2.75) is 32.4 Å². The van der Waals surface area contributed by atoms with Crippen LogP contribution in [0.5, 0.6) is 0 Å². The van der Waals surface area contributed by atoms with E-state index in [0.717, 1.165) is 38.8 Å². The summed E-state index contributed by atoms with van der Waals surface area (Å²) < 4.78 is 7.31. The molecule has 4 heterocycles. The van der Waals surface area contributed by atoms with Crippen LogP contribution in [-0.2, 0) is 23.1 Å². The number of fused-ring (bicyclic) bond motifs is 10. The fourth-order valence-electron chi connectivity index (χ4n) is 5.80. The van der Waals surface area contributed by atoms with Gasteiger partial charge in [-0.1, -0.05) is 37.3 Å². The number of nitrogens with one attached hydrogen (secondary N) is 3. The van der Waals surface area contributed by atoms with Crippen molar-refractivity contribution in [1.29, 1.82) is 0 Å². The largest absolute Gasteiger partial charge is 0.449 e. The molecule has 0 saturated carbocycles. The number of rotatable bonds is 3. The number of hydrogen-bond donors (Lipinski definition) is 3. The van der Waals surface area contributed by atoms with Gasteiger partial charge in [-0.2, -0.15) is 5.10 Å². The minimum absolute atomic E-state index is 0.0665. The minimum atomic E-state index is -0.739. The topological polar surface area (TPSA) is 121 Å². The summed E-state index contributed by atoms with van der Waals surface area (Å²) in [5, 5.41) is 11.9. The number of H-pyrrole nitrogens is 1. The smallest absolute Gasteiger partial charge is 0.411 e. The van der Waals surface area contributed by atoms with E-state index in [1.54, 1.807) is 35.1 Å². The van der Waals surface area contributed by atoms with Crippen molar-refractivity contribution in [3.63, 3.8) is 0 Å². The van der Waals surface area contributed by atoms with Gasteiger partial charge in [-0.3, -0.25) is 19.6 Å². The summed E-state index contributed by atoms with van der Waals surface area (Å²) in [6, 6.07) is 18.1. The number of aromatic nitrogens is 3. The Kier molecular flexibility index (Phi) is 7.65. The highest BCUT2D eigenvalue weighted by atomic mass is 16.5. The predicted molar refractivity (Wildman–Crippen MR) is 171 cm³/mol. The quantitative estimate of drug-likeness (QED) is 0.247. The number of anilines is 2. The summed E-state index contributed by atoms with van der Waals surface area (Å²) in [5.41, 5.74) is 6.42. The summed E-state index contributed by atoms with van der Waals surface area (Å²) in [7, 11) is 3.61. The highest BCUT2D eigenvalue weighted by Crippen LogP contribution is 2.31. The number of hydrogen-bond acceptors (Lipinski definition) is 6. The molecule has 44 heavy (non-hydrogen) atoms.